The van der Waals surface area contributed by atoms with E-state index in [-0.39, 0.29) is 5.91 Å². The van der Waals surface area contributed by atoms with Crippen LogP contribution in [-0.4, -0.2) is 11.1 Å². The van der Waals surface area contributed by atoms with Crippen LogP contribution in [0.2, 0.25) is 0 Å². The number of thioether (sulfide) groups is 1. The van der Waals surface area contributed by atoms with Crippen molar-refractivity contribution in [3.05, 3.63) is 100.0 Å². The molecule has 30 heavy (non-hydrogen) atoms. The predicted octanol–water partition coefficient (Wildman–Crippen LogP) is 5.77. The number of amides is 1. The summed E-state index contributed by atoms with van der Waals surface area (Å²) in [6, 6.07) is 23.9. The lowest BCUT2D eigenvalue weighted by Gasteiger charge is -2.07. The Labute approximate surface area is 180 Å². The molecule has 3 aromatic rings. The molecule has 5 heteroatoms. The number of benzene rings is 3. The Morgan fingerprint density at radius 3 is 2.47 bits per heavy atom. The molecule has 0 radical (unpaired) electrons. The van der Waals surface area contributed by atoms with E-state index in [1.54, 1.807) is 0 Å². The normalized spacial score (nSPS) is 16.1. The van der Waals surface area contributed by atoms with E-state index in [1.165, 1.54) is 17.3 Å². The third-order valence-electron chi connectivity index (χ3n) is 4.59. The van der Waals surface area contributed by atoms with Crippen molar-refractivity contribution in [3.63, 3.8) is 0 Å². The highest BCUT2D eigenvalue weighted by Crippen LogP contribution is 2.28. The first kappa shape index (κ1) is 20.0. The maximum atomic E-state index is 12.3. The van der Waals surface area contributed by atoms with Gasteiger partial charge < -0.3 is 10.1 Å². The van der Waals surface area contributed by atoms with Gasteiger partial charge in [-0.05, 0) is 72.6 Å². The molecule has 1 fully saturated rings. The van der Waals surface area contributed by atoms with Gasteiger partial charge in [0.05, 0.1) is 10.6 Å². The lowest BCUT2D eigenvalue weighted by atomic mass is 10.1. The van der Waals surface area contributed by atoms with Crippen molar-refractivity contribution in [2.24, 2.45) is 4.99 Å². The highest BCUT2D eigenvalue weighted by molar-refractivity contribution is 8.18. The molecule has 1 aliphatic rings. The molecule has 4 rings (SSSR count). The Hall–Kier alpha value is -3.31. The largest absolute Gasteiger partial charge is 0.489 e. The minimum Gasteiger partial charge on any atom is -0.489 e. The van der Waals surface area contributed by atoms with E-state index in [0.29, 0.717) is 16.7 Å². The summed E-state index contributed by atoms with van der Waals surface area (Å²) in [6.07, 6.45) is 1.86. The van der Waals surface area contributed by atoms with Crippen molar-refractivity contribution in [2.75, 3.05) is 0 Å². The molecule has 3 aromatic carbocycles. The number of nitrogens with zero attached hydrogens (tertiary/aromatic N) is 1. The molecule has 0 spiro atoms. The Kier molecular flexibility index (Phi) is 6.00. The number of carbonyl (C=O) groups is 1. The SMILES string of the molecule is Cc1ccc(COc2ccc(/C=C3/SC(=Nc4cccc(C)c4)NC3=O)cc2)cc1. The van der Waals surface area contributed by atoms with Crippen molar-refractivity contribution >= 4 is 34.6 Å². The summed E-state index contributed by atoms with van der Waals surface area (Å²) >= 11 is 1.35. The summed E-state index contributed by atoms with van der Waals surface area (Å²) in [5.74, 6) is 0.661. The third-order valence-corrected chi connectivity index (χ3v) is 5.50. The molecule has 4 nitrogen and oxygen atoms in total. The second-order valence-corrected chi connectivity index (χ2v) is 8.19. The fourth-order valence-electron chi connectivity index (χ4n) is 2.96. The second-order valence-electron chi connectivity index (χ2n) is 7.16. The van der Waals surface area contributed by atoms with E-state index in [9.17, 15) is 4.79 Å². The zero-order valence-electron chi connectivity index (χ0n) is 16.9. The molecule has 1 N–H and O–H groups in total. The first-order chi connectivity index (χ1) is 14.5. The van der Waals surface area contributed by atoms with E-state index in [0.717, 1.165) is 28.1 Å². The molecule has 1 saturated heterocycles. The van der Waals surface area contributed by atoms with Crippen LogP contribution in [0.15, 0.2) is 82.7 Å². The van der Waals surface area contributed by atoms with Gasteiger partial charge in [-0.15, -0.1) is 0 Å². The molecule has 1 heterocycles. The van der Waals surface area contributed by atoms with Gasteiger partial charge in [0.25, 0.3) is 5.91 Å². The Morgan fingerprint density at radius 2 is 1.73 bits per heavy atom. The number of hydrogen-bond donors (Lipinski definition) is 1. The van der Waals surface area contributed by atoms with E-state index < -0.39 is 0 Å². The molecule has 0 unspecified atom stereocenters. The zero-order valence-corrected chi connectivity index (χ0v) is 17.7. The molecule has 1 aliphatic heterocycles. The van der Waals surface area contributed by atoms with Crippen molar-refractivity contribution in [1.29, 1.82) is 0 Å². The number of aliphatic imine (C=N–C) groups is 1. The summed E-state index contributed by atoms with van der Waals surface area (Å²) in [5, 5.41) is 3.42. The average Bonchev–Trinajstić information content (AvgIpc) is 3.07. The molecule has 0 bridgehead atoms. The molecular weight excluding hydrogens is 392 g/mol. The van der Waals surface area contributed by atoms with Crippen LogP contribution in [0.4, 0.5) is 5.69 Å². The Bertz CT molecular complexity index is 1120. The highest BCUT2D eigenvalue weighted by atomic mass is 32.2. The molecule has 1 amide bonds. The fraction of sp³-hybridized carbons (Fsp3) is 0.120. The van der Waals surface area contributed by atoms with Gasteiger partial charge in [0, 0.05) is 0 Å². The van der Waals surface area contributed by atoms with Crippen LogP contribution in [0.3, 0.4) is 0 Å². The van der Waals surface area contributed by atoms with Crippen molar-refractivity contribution in [2.45, 2.75) is 20.5 Å². The molecule has 150 valence electrons. The zero-order chi connectivity index (χ0) is 20.9. The van der Waals surface area contributed by atoms with E-state index in [2.05, 4.69) is 41.5 Å². The van der Waals surface area contributed by atoms with Gasteiger partial charge in [-0.25, -0.2) is 4.99 Å². The quantitative estimate of drug-likeness (QED) is 0.539. The maximum absolute atomic E-state index is 12.3. The van der Waals surface area contributed by atoms with Crippen molar-refractivity contribution < 1.29 is 9.53 Å². The average molecular weight is 415 g/mol. The minimum atomic E-state index is -0.133. The topological polar surface area (TPSA) is 50.7 Å². The summed E-state index contributed by atoms with van der Waals surface area (Å²) in [7, 11) is 0. The molecule has 0 aromatic heterocycles. The monoisotopic (exact) mass is 414 g/mol. The summed E-state index contributed by atoms with van der Waals surface area (Å²) in [4.78, 5) is 17.4. The predicted molar refractivity (Wildman–Crippen MR) is 124 cm³/mol. The Morgan fingerprint density at radius 1 is 0.967 bits per heavy atom. The Balaban J connectivity index is 1.40. The molecule has 0 aliphatic carbocycles. The fourth-order valence-corrected chi connectivity index (χ4v) is 3.80. The van der Waals surface area contributed by atoms with Crippen LogP contribution in [0.1, 0.15) is 22.3 Å². The molecular formula is C25H22N2O2S. The number of carbonyl (C=O) groups excluding carboxylic acids is 1. The van der Waals surface area contributed by atoms with Gasteiger partial charge >= 0.3 is 0 Å². The summed E-state index contributed by atoms with van der Waals surface area (Å²) < 4.78 is 5.85. The minimum absolute atomic E-state index is 0.133. The number of amidine groups is 1. The highest BCUT2D eigenvalue weighted by Gasteiger charge is 2.23. The number of nitrogens with one attached hydrogen (secondary N) is 1. The van der Waals surface area contributed by atoms with E-state index in [1.807, 2.05) is 61.5 Å². The van der Waals surface area contributed by atoms with Crippen LogP contribution < -0.4 is 10.1 Å². The van der Waals surface area contributed by atoms with Crippen molar-refractivity contribution in [1.82, 2.24) is 5.32 Å². The number of hydrogen-bond acceptors (Lipinski definition) is 4. The molecule has 0 saturated carbocycles. The van der Waals surface area contributed by atoms with Gasteiger partial charge in [-0.3, -0.25) is 4.79 Å². The second kappa shape index (κ2) is 9.01. The number of ether oxygens (including phenoxy) is 1. The lowest BCUT2D eigenvalue weighted by Crippen LogP contribution is -2.19. The van der Waals surface area contributed by atoms with Crippen molar-refractivity contribution in [3.8, 4) is 5.75 Å². The van der Waals surface area contributed by atoms with Gasteiger partial charge in [-0.1, -0.05) is 54.1 Å². The van der Waals surface area contributed by atoms with Crippen LogP contribution >= 0.6 is 11.8 Å². The van der Waals surface area contributed by atoms with Crippen LogP contribution in [0.25, 0.3) is 6.08 Å². The molecule has 0 atom stereocenters. The van der Waals surface area contributed by atoms with E-state index in [4.69, 9.17) is 4.74 Å². The summed E-state index contributed by atoms with van der Waals surface area (Å²) in [5.41, 5.74) is 5.26. The van der Waals surface area contributed by atoms with Gasteiger partial charge in [0.15, 0.2) is 5.17 Å². The summed E-state index contributed by atoms with van der Waals surface area (Å²) in [6.45, 7) is 4.61. The number of rotatable bonds is 5. The van der Waals surface area contributed by atoms with Gasteiger partial charge in [-0.2, -0.15) is 0 Å². The first-order valence-corrected chi connectivity index (χ1v) is 10.5. The van der Waals surface area contributed by atoms with Crippen LogP contribution in [-0.2, 0) is 11.4 Å². The van der Waals surface area contributed by atoms with Gasteiger partial charge in [0.2, 0.25) is 0 Å². The van der Waals surface area contributed by atoms with E-state index >= 15 is 0 Å². The van der Waals surface area contributed by atoms with Crippen LogP contribution in [0, 0.1) is 13.8 Å². The van der Waals surface area contributed by atoms with Gasteiger partial charge in [0.1, 0.15) is 12.4 Å². The third kappa shape index (κ3) is 5.19. The first-order valence-electron chi connectivity index (χ1n) is 9.70. The smallest absolute Gasteiger partial charge is 0.264 e. The van der Waals surface area contributed by atoms with Crippen LogP contribution in [0.5, 0.6) is 5.75 Å². The number of aryl methyl sites for hydroxylation is 2. The maximum Gasteiger partial charge on any atom is 0.264 e. The standard InChI is InChI=1S/C25H22N2O2S/c1-17-6-8-20(9-7-17)16-29-22-12-10-19(11-13-22)15-23-24(28)27-25(30-23)26-21-5-3-4-18(2)14-21/h3-15H,16H2,1-2H3,(H,26,27,28)/b23-15+. The lowest BCUT2D eigenvalue weighted by molar-refractivity contribution is -0.115.